The van der Waals surface area contributed by atoms with Crippen LogP contribution in [-0.4, -0.2) is 45.3 Å². The SMILES string of the molecule is COc1cccc2c1OC1CCCC3CNCC(C(=O)C4CCOC4)C231. The number of nitrogens with one attached hydrogen (secondary N) is 1. The summed E-state index contributed by atoms with van der Waals surface area (Å²) in [7, 11) is 1.69. The molecule has 1 aromatic carbocycles. The molecule has 1 aliphatic carbocycles. The van der Waals surface area contributed by atoms with Gasteiger partial charge in [-0.15, -0.1) is 0 Å². The molecule has 5 heteroatoms. The number of hydrogen-bond acceptors (Lipinski definition) is 5. The third kappa shape index (κ3) is 2.13. The van der Waals surface area contributed by atoms with Gasteiger partial charge in [-0.05, 0) is 44.2 Å². The lowest BCUT2D eigenvalue weighted by Crippen LogP contribution is -2.63. The van der Waals surface area contributed by atoms with Gasteiger partial charge in [0.25, 0.3) is 0 Å². The molecule has 5 rings (SSSR count). The summed E-state index contributed by atoms with van der Waals surface area (Å²) >= 11 is 0. The standard InChI is InChI=1S/C21H27NO4/c1-24-17-6-3-5-15-20(17)26-18-7-2-4-14-10-22-11-16(21(14,15)18)19(23)13-8-9-25-12-13/h3,5-6,13-14,16,18,22H,2,4,7-12H2,1H3. The average Bonchev–Trinajstić information content (AvgIpc) is 3.32. The van der Waals surface area contributed by atoms with Crippen molar-refractivity contribution in [3.63, 3.8) is 0 Å². The van der Waals surface area contributed by atoms with Crippen molar-refractivity contribution in [2.24, 2.45) is 17.8 Å². The van der Waals surface area contributed by atoms with E-state index in [1.54, 1.807) is 7.11 Å². The van der Waals surface area contributed by atoms with Gasteiger partial charge in [0.2, 0.25) is 0 Å². The molecule has 1 spiro atoms. The summed E-state index contributed by atoms with van der Waals surface area (Å²) < 4.78 is 17.6. The molecule has 1 aromatic rings. The second-order valence-electron chi connectivity index (χ2n) is 8.18. The second kappa shape index (κ2) is 6.24. The molecule has 4 aliphatic rings. The third-order valence-corrected chi connectivity index (χ3v) is 7.14. The molecule has 2 saturated heterocycles. The predicted octanol–water partition coefficient (Wildman–Crippen LogP) is 2.32. The summed E-state index contributed by atoms with van der Waals surface area (Å²) in [6.45, 7) is 2.98. The van der Waals surface area contributed by atoms with Crippen LogP contribution in [0.15, 0.2) is 18.2 Å². The Morgan fingerprint density at radius 3 is 3.00 bits per heavy atom. The quantitative estimate of drug-likeness (QED) is 0.900. The minimum atomic E-state index is -0.215. The van der Waals surface area contributed by atoms with Crippen LogP contribution in [0.1, 0.15) is 31.2 Å². The molecule has 3 fully saturated rings. The lowest BCUT2D eigenvalue weighted by atomic mass is 9.52. The minimum absolute atomic E-state index is 0.0344. The molecule has 1 N–H and O–H groups in total. The highest BCUT2D eigenvalue weighted by Crippen LogP contribution is 2.60. The van der Waals surface area contributed by atoms with Crippen molar-refractivity contribution in [3.8, 4) is 11.5 Å². The Morgan fingerprint density at radius 2 is 2.19 bits per heavy atom. The van der Waals surface area contributed by atoms with Gasteiger partial charge < -0.3 is 19.5 Å². The van der Waals surface area contributed by atoms with Gasteiger partial charge >= 0.3 is 0 Å². The average molecular weight is 357 g/mol. The number of fused-ring (bicyclic) bond motifs is 1. The maximum absolute atomic E-state index is 13.6. The molecular weight excluding hydrogens is 330 g/mol. The topological polar surface area (TPSA) is 56.8 Å². The zero-order chi connectivity index (χ0) is 17.7. The van der Waals surface area contributed by atoms with E-state index >= 15 is 0 Å². The van der Waals surface area contributed by atoms with E-state index in [4.69, 9.17) is 14.2 Å². The van der Waals surface area contributed by atoms with Crippen LogP contribution in [0.25, 0.3) is 0 Å². The monoisotopic (exact) mass is 357 g/mol. The Kier molecular flexibility index (Phi) is 3.98. The van der Waals surface area contributed by atoms with Crippen LogP contribution in [0.2, 0.25) is 0 Å². The molecule has 0 aromatic heterocycles. The number of rotatable bonds is 3. The normalized spacial score (nSPS) is 38.0. The molecule has 0 bridgehead atoms. The number of benzene rings is 1. The fourth-order valence-corrected chi connectivity index (χ4v) is 6.04. The second-order valence-corrected chi connectivity index (χ2v) is 8.18. The number of piperidine rings is 1. The summed E-state index contributed by atoms with van der Waals surface area (Å²) in [4.78, 5) is 13.6. The number of ether oxygens (including phenoxy) is 3. The number of carbonyl (C=O) groups excluding carboxylic acids is 1. The summed E-state index contributed by atoms with van der Waals surface area (Å²) in [6, 6.07) is 6.18. The van der Waals surface area contributed by atoms with E-state index in [0.29, 0.717) is 24.9 Å². The number of hydrogen-bond donors (Lipinski definition) is 1. The summed E-state index contributed by atoms with van der Waals surface area (Å²) in [5, 5.41) is 3.56. The smallest absolute Gasteiger partial charge is 0.165 e. The van der Waals surface area contributed by atoms with E-state index in [1.807, 2.05) is 12.1 Å². The molecule has 3 aliphatic heterocycles. The first kappa shape index (κ1) is 16.6. The van der Waals surface area contributed by atoms with Gasteiger partial charge in [0.1, 0.15) is 11.9 Å². The van der Waals surface area contributed by atoms with Gasteiger partial charge in [0.15, 0.2) is 11.5 Å². The van der Waals surface area contributed by atoms with Crippen molar-refractivity contribution < 1.29 is 19.0 Å². The number of para-hydroxylation sites is 1. The van der Waals surface area contributed by atoms with Gasteiger partial charge in [-0.25, -0.2) is 0 Å². The summed E-state index contributed by atoms with van der Waals surface area (Å²) in [5.41, 5.74) is 0.984. The van der Waals surface area contributed by atoms with E-state index < -0.39 is 0 Å². The van der Waals surface area contributed by atoms with E-state index in [0.717, 1.165) is 50.3 Å². The highest BCUT2D eigenvalue weighted by molar-refractivity contribution is 5.86. The molecule has 5 unspecified atom stereocenters. The van der Waals surface area contributed by atoms with E-state index in [9.17, 15) is 4.79 Å². The van der Waals surface area contributed by atoms with Gasteiger partial charge in [-0.3, -0.25) is 4.79 Å². The molecule has 1 saturated carbocycles. The number of ketones is 1. The maximum Gasteiger partial charge on any atom is 0.165 e. The lowest BCUT2D eigenvalue weighted by Gasteiger charge is -2.52. The first-order valence-corrected chi connectivity index (χ1v) is 9.93. The minimum Gasteiger partial charge on any atom is -0.493 e. The van der Waals surface area contributed by atoms with Crippen molar-refractivity contribution in [3.05, 3.63) is 23.8 Å². The fraction of sp³-hybridized carbons (Fsp3) is 0.667. The van der Waals surface area contributed by atoms with Crippen molar-refractivity contribution in [1.29, 1.82) is 0 Å². The molecule has 26 heavy (non-hydrogen) atoms. The van der Waals surface area contributed by atoms with E-state index in [1.165, 1.54) is 5.56 Å². The Labute approximate surface area is 154 Å². The summed E-state index contributed by atoms with van der Waals surface area (Å²) in [5.74, 6) is 2.44. The number of Topliss-reactive ketones (excluding diaryl/α,β-unsaturated/α-hetero) is 1. The predicted molar refractivity (Wildman–Crippen MR) is 96.7 cm³/mol. The molecule has 5 nitrogen and oxygen atoms in total. The van der Waals surface area contributed by atoms with E-state index in [-0.39, 0.29) is 23.4 Å². The van der Waals surface area contributed by atoms with E-state index in [2.05, 4.69) is 11.4 Å². The Bertz CT molecular complexity index is 712. The highest BCUT2D eigenvalue weighted by Gasteiger charge is 2.63. The lowest BCUT2D eigenvalue weighted by molar-refractivity contribution is -0.134. The Morgan fingerprint density at radius 1 is 1.27 bits per heavy atom. The zero-order valence-corrected chi connectivity index (χ0v) is 15.3. The maximum atomic E-state index is 13.6. The van der Waals surface area contributed by atoms with Gasteiger partial charge in [0.05, 0.1) is 19.1 Å². The van der Waals surface area contributed by atoms with Crippen molar-refractivity contribution in [2.45, 2.75) is 37.2 Å². The fourth-order valence-electron chi connectivity index (χ4n) is 6.04. The van der Waals surface area contributed by atoms with Crippen LogP contribution >= 0.6 is 0 Å². The number of carbonyl (C=O) groups is 1. The van der Waals surface area contributed by atoms with Gasteiger partial charge in [0, 0.05) is 30.6 Å². The highest BCUT2D eigenvalue weighted by atomic mass is 16.5. The van der Waals surface area contributed by atoms with Gasteiger partial charge in [-0.1, -0.05) is 12.1 Å². The van der Waals surface area contributed by atoms with Crippen LogP contribution in [0.5, 0.6) is 11.5 Å². The first-order valence-electron chi connectivity index (χ1n) is 9.93. The van der Waals surface area contributed by atoms with Crippen molar-refractivity contribution >= 4 is 5.78 Å². The molecule has 3 heterocycles. The third-order valence-electron chi connectivity index (χ3n) is 7.14. The van der Waals surface area contributed by atoms with Crippen LogP contribution in [0.3, 0.4) is 0 Å². The Balaban J connectivity index is 1.65. The van der Waals surface area contributed by atoms with Crippen molar-refractivity contribution in [1.82, 2.24) is 5.32 Å². The largest absolute Gasteiger partial charge is 0.493 e. The molecule has 0 radical (unpaired) electrons. The first-order chi connectivity index (χ1) is 12.8. The zero-order valence-electron chi connectivity index (χ0n) is 15.3. The summed E-state index contributed by atoms with van der Waals surface area (Å²) in [6.07, 6.45) is 4.24. The molecule has 140 valence electrons. The Hall–Kier alpha value is -1.59. The number of methoxy groups -OCH3 is 1. The molecular formula is C21H27NO4. The van der Waals surface area contributed by atoms with Crippen LogP contribution in [0.4, 0.5) is 0 Å². The molecule has 0 amide bonds. The van der Waals surface area contributed by atoms with Crippen LogP contribution in [-0.2, 0) is 14.9 Å². The van der Waals surface area contributed by atoms with Crippen molar-refractivity contribution in [2.75, 3.05) is 33.4 Å². The van der Waals surface area contributed by atoms with Crippen LogP contribution in [0, 0.1) is 17.8 Å². The molecule has 5 atom stereocenters. The van der Waals surface area contributed by atoms with Crippen LogP contribution < -0.4 is 14.8 Å². The van der Waals surface area contributed by atoms with Gasteiger partial charge in [-0.2, -0.15) is 0 Å².